The van der Waals surface area contributed by atoms with Crippen molar-refractivity contribution in [1.29, 1.82) is 0 Å². The molecular formula is C13H18ClF3N4O. The second kappa shape index (κ2) is 6.08. The lowest BCUT2D eigenvalue weighted by Gasteiger charge is -2.23. The van der Waals surface area contributed by atoms with E-state index in [0.717, 1.165) is 37.0 Å². The first kappa shape index (κ1) is 17.1. The zero-order chi connectivity index (χ0) is 15.1. The van der Waals surface area contributed by atoms with Gasteiger partial charge in [0.15, 0.2) is 0 Å². The van der Waals surface area contributed by atoms with Gasteiger partial charge in [0.05, 0.1) is 11.9 Å². The van der Waals surface area contributed by atoms with Crippen LogP contribution < -0.4 is 10.6 Å². The average Bonchev–Trinajstić information content (AvgIpc) is 2.90. The summed E-state index contributed by atoms with van der Waals surface area (Å²) in [5.41, 5.74) is 0.428. The lowest BCUT2D eigenvalue weighted by molar-refractivity contribution is -0.142. The number of alkyl halides is 3. The highest BCUT2D eigenvalue weighted by molar-refractivity contribution is 5.94. The molecule has 124 valence electrons. The number of halogens is 4. The van der Waals surface area contributed by atoms with Crippen LogP contribution in [0.5, 0.6) is 0 Å². The largest absolute Gasteiger partial charge is 0.408 e. The van der Waals surface area contributed by atoms with E-state index in [-0.39, 0.29) is 29.6 Å². The van der Waals surface area contributed by atoms with Crippen LogP contribution in [0.25, 0.3) is 0 Å². The molecule has 2 heterocycles. The Morgan fingerprint density at radius 3 is 2.77 bits per heavy atom. The van der Waals surface area contributed by atoms with Crippen LogP contribution in [0, 0.1) is 11.3 Å². The summed E-state index contributed by atoms with van der Waals surface area (Å²) in [5, 5.41) is 9.54. The molecule has 9 heteroatoms. The van der Waals surface area contributed by atoms with Crippen LogP contribution in [0.2, 0.25) is 0 Å². The Morgan fingerprint density at radius 1 is 1.45 bits per heavy atom. The van der Waals surface area contributed by atoms with E-state index in [9.17, 15) is 18.0 Å². The molecule has 1 saturated heterocycles. The minimum absolute atomic E-state index is 0. The molecule has 1 amide bonds. The van der Waals surface area contributed by atoms with Gasteiger partial charge in [-0.3, -0.25) is 9.48 Å². The monoisotopic (exact) mass is 338 g/mol. The highest BCUT2D eigenvalue weighted by Crippen LogP contribution is 2.58. The van der Waals surface area contributed by atoms with Crippen molar-refractivity contribution in [2.24, 2.45) is 11.3 Å². The molecule has 1 atom stereocenters. The molecular weight excluding hydrogens is 321 g/mol. The second-order valence-electron chi connectivity index (χ2n) is 5.90. The number of rotatable bonds is 3. The molecule has 0 aromatic carbocycles. The Hall–Kier alpha value is -1.28. The first-order valence-electron chi connectivity index (χ1n) is 6.99. The fraction of sp³-hybridized carbons (Fsp3) is 0.692. The first-order valence-corrected chi connectivity index (χ1v) is 6.99. The number of carbonyl (C=O) groups excluding carboxylic acids is 1. The van der Waals surface area contributed by atoms with Crippen LogP contribution in [0.1, 0.15) is 19.3 Å². The molecule has 1 saturated carbocycles. The number of carbonyl (C=O) groups is 1. The smallest absolute Gasteiger partial charge is 0.323 e. The van der Waals surface area contributed by atoms with E-state index in [1.54, 1.807) is 0 Å². The summed E-state index contributed by atoms with van der Waals surface area (Å²) >= 11 is 0. The molecule has 1 aromatic heterocycles. The minimum Gasteiger partial charge on any atom is -0.323 e. The third-order valence-electron chi connectivity index (χ3n) is 4.35. The molecule has 2 fully saturated rings. The van der Waals surface area contributed by atoms with Crippen molar-refractivity contribution in [3.8, 4) is 0 Å². The minimum atomic E-state index is -4.32. The van der Waals surface area contributed by atoms with Gasteiger partial charge in [0.25, 0.3) is 0 Å². The predicted octanol–water partition coefficient (Wildman–Crippen LogP) is 2.20. The lowest BCUT2D eigenvalue weighted by atomic mass is 9.92. The van der Waals surface area contributed by atoms with E-state index in [0.29, 0.717) is 5.69 Å². The number of amides is 1. The van der Waals surface area contributed by atoms with Gasteiger partial charge in [-0.2, -0.15) is 18.3 Å². The fourth-order valence-electron chi connectivity index (χ4n) is 3.12. The van der Waals surface area contributed by atoms with Gasteiger partial charge in [0.1, 0.15) is 6.54 Å². The van der Waals surface area contributed by atoms with Crippen molar-refractivity contribution >= 4 is 24.0 Å². The highest BCUT2D eigenvalue weighted by atomic mass is 35.5. The molecule has 1 spiro atoms. The topological polar surface area (TPSA) is 59.0 Å². The van der Waals surface area contributed by atoms with E-state index < -0.39 is 12.7 Å². The molecule has 0 bridgehead atoms. The Morgan fingerprint density at radius 2 is 2.14 bits per heavy atom. The highest BCUT2D eigenvalue weighted by Gasteiger charge is 2.57. The van der Waals surface area contributed by atoms with E-state index in [1.165, 1.54) is 12.4 Å². The van der Waals surface area contributed by atoms with E-state index in [4.69, 9.17) is 0 Å². The van der Waals surface area contributed by atoms with Crippen molar-refractivity contribution in [2.45, 2.75) is 32.0 Å². The van der Waals surface area contributed by atoms with Crippen molar-refractivity contribution in [2.75, 3.05) is 18.4 Å². The Bertz CT molecular complexity index is 540. The Labute approximate surface area is 132 Å². The van der Waals surface area contributed by atoms with Crippen LogP contribution in [-0.2, 0) is 11.3 Å². The number of hydrogen-bond acceptors (Lipinski definition) is 3. The maximum Gasteiger partial charge on any atom is 0.408 e. The molecule has 2 N–H and O–H groups in total. The zero-order valence-corrected chi connectivity index (χ0v) is 12.6. The van der Waals surface area contributed by atoms with Gasteiger partial charge < -0.3 is 10.6 Å². The summed E-state index contributed by atoms with van der Waals surface area (Å²) in [6.07, 6.45) is 0.987. The number of piperidine rings is 1. The van der Waals surface area contributed by atoms with Gasteiger partial charge in [-0.25, -0.2) is 0 Å². The van der Waals surface area contributed by atoms with Crippen molar-refractivity contribution < 1.29 is 18.0 Å². The van der Waals surface area contributed by atoms with Crippen LogP contribution in [-0.4, -0.2) is 35.0 Å². The van der Waals surface area contributed by atoms with Gasteiger partial charge in [-0.1, -0.05) is 0 Å². The van der Waals surface area contributed by atoms with Gasteiger partial charge in [0, 0.05) is 12.1 Å². The molecule has 1 aliphatic carbocycles. The predicted molar refractivity (Wildman–Crippen MR) is 76.8 cm³/mol. The van der Waals surface area contributed by atoms with E-state index >= 15 is 0 Å². The third-order valence-corrected chi connectivity index (χ3v) is 4.35. The van der Waals surface area contributed by atoms with Gasteiger partial charge in [0.2, 0.25) is 5.91 Å². The fourth-order valence-corrected chi connectivity index (χ4v) is 3.12. The molecule has 1 unspecified atom stereocenters. The van der Waals surface area contributed by atoms with Crippen molar-refractivity contribution in [3.63, 3.8) is 0 Å². The molecule has 1 aliphatic heterocycles. The summed E-state index contributed by atoms with van der Waals surface area (Å²) in [5.74, 6) is -0.131. The van der Waals surface area contributed by atoms with Crippen LogP contribution in [0.15, 0.2) is 12.4 Å². The average molecular weight is 339 g/mol. The number of nitrogens with zero attached hydrogens (tertiary/aromatic N) is 2. The maximum atomic E-state index is 12.2. The van der Waals surface area contributed by atoms with Crippen molar-refractivity contribution in [1.82, 2.24) is 15.1 Å². The summed E-state index contributed by atoms with van der Waals surface area (Å²) in [6, 6.07) is 0. The molecule has 5 nitrogen and oxygen atoms in total. The van der Waals surface area contributed by atoms with Gasteiger partial charge in [-0.15, -0.1) is 12.4 Å². The SMILES string of the molecule is Cl.O=C(Nc1cnn(CC(F)(F)F)c1)C1CC12CCNCC2. The second-order valence-corrected chi connectivity index (χ2v) is 5.90. The number of anilines is 1. The summed E-state index contributed by atoms with van der Waals surface area (Å²) in [6.45, 7) is 0.697. The zero-order valence-electron chi connectivity index (χ0n) is 11.8. The van der Waals surface area contributed by atoms with E-state index in [1.807, 2.05) is 0 Å². The summed E-state index contributed by atoms with van der Waals surface area (Å²) in [7, 11) is 0. The first-order chi connectivity index (χ1) is 9.88. The van der Waals surface area contributed by atoms with Crippen LogP contribution in [0.4, 0.5) is 18.9 Å². The number of nitrogens with one attached hydrogen (secondary N) is 2. The standard InChI is InChI=1S/C13H17F3N4O.ClH/c14-13(15,16)8-20-7-9(6-18-20)19-11(21)10-5-12(10)1-3-17-4-2-12;/h6-7,10,17H,1-5,8H2,(H,19,21);1H. The Kier molecular flexibility index (Phi) is 4.72. The van der Waals surface area contributed by atoms with Gasteiger partial charge in [-0.05, 0) is 37.8 Å². The summed E-state index contributed by atoms with van der Waals surface area (Å²) in [4.78, 5) is 12.2. The molecule has 1 aromatic rings. The third kappa shape index (κ3) is 3.73. The molecule has 2 aliphatic rings. The van der Waals surface area contributed by atoms with Crippen LogP contribution in [0.3, 0.4) is 0 Å². The quantitative estimate of drug-likeness (QED) is 0.888. The molecule has 3 rings (SSSR count). The number of hydrogen-bond donors (Lipinski definition) is 2. The van der Waals surface area contributed by atoms with Crippen LogP contribution >= 0.6 is 12.4 Å². The van der Waals surface area contributed by atoms with Gasteiger partial charge >= 0.3 is 6.18 Å². The number of aromatic nitrogens is 2. The lowest BCUT2D eigenvalue weighted by Crippen LogP contribution is -2.31. The Balaban J connectivity index is 0.00000176. The molecule has 22 heavy (non-hydrogen) atoms. The maximum absolute atomic E-state index is 12.2. The van der Waals surface area contributed by atoms with Crippen molar-refractivity contribution in [3.05, 3.63) is 12.4 Å². The van der Waals surface area contributed by atoms with E-state index in [2.05, 4.69) is 15.7 Å². The molecule has 0 radical (unpaired) electrons. The normalized spacial score (nSPS) is 23.0. The summed E-state index contributed by atoms with van der Waals surface area (Å²) < 4.78 is 37.5.